The van der Waals surface area contributed by atoms with Crippen LogP contribution in [0, 0.1) is 0 Å². The van der Waals surface area contributed by atoms with E-state index in [2.05, 4.69) is 5.32 Å². The maximum Gasteiger partial charge on any atom is 0.255 e. The number of furan rings is 1. The molecule has 0 bridgehead atoms. The second-order valence-electron chi connectivity index (χ2n) is 3.55. The lowest BCUT2D eigenvalue weighted by Crippen LogP contribution is -2.23. The van der Waals surface area contributed by atoms with E-state index in [4.69, 9.17) is 4.42 Å². The number of carbonyl (C=O) groups is 2. The number of hydrogen-bond donors (Lipinski definition) is 1. The van der Waals surface area contributed by atoms with Gasteiger partial charge in [-0.05, 0) is 24.3 Å². The van der Waals surface area contributed by atoms with Crippen LogP contribution in [0.5, 0.6) is 0 Å². The Morgan fingerprint density at radius 1 is 1.11 bits per heavy atom. The summed E-state index contributed by atoms with van der Waals surface area (Å²) >= 11 is 0. The lowest BCUT2D eigenvalue weighted by Gasteiger charge is -2.03. The summed E-state index contributed by atoms with van der Waals surface area (Å²) in [4.78, 5) is 22.7. The van der Waals surface area contributed by atoms with Crippen LogP contribution in [0.1, 0.15) is 16.1 Å². The van der Waals surface area contributed by atoms with Gasteiger partial charge < -0.3 is 9.73 Å². The molecule has 4 heteroatoms. The van der Waals surface area contributed by atoms with E-state index in [0.29, 0.717) is 17.6 Å². The summed E-state index contributed by atoms with van der Waals surface area (Å²) in [7, 11) is 0. The highest BCUT2D eigenvalue weighted by Crippen LogP contribution is 2.05. The molecule has 2 aromatic rings. The van der Waals surface area contributed by atoms with Gasteiger partial charge >= 0.3 is 0 Å². The van der Waals surface area contributed by atoms with Gasteiger partial charge in [0.25, 0.3) is 5.91 Å². The molecule has 90 valence electrons. The molecule has 0 aliphatic rings. The van der Waals surface area contributed by atoms with Gasteiger partial charge in [-0.15, -0.1) is 0 Å². The summed E-state index contributed by atoms with van der Waals surface area (Å²) in [5.41, 5.74) is 0.642. The molecule has 0 spiro atoms. The van der Waals surface area contributed by atoms with Gasteiger partial charge in [0, 0.05) is 11.6 Å². The first-order chi connectivity index (χ1) is 8.79. The molecule has 1 N–H and O–H groups in total. The molecular weight excluding hydrogens is 230 g/mol. The molecule has 18 heavy (non-hydrogen) atoms. The van der Waals surface area contributed by atoms with Crippen LogP contribution in [0.3, 0.4) is 0 Å². The maximum absolute atomic E-state index is 11.8. The van der Waals surface area contributed by atoms with Crippen molar-refractivity contribution in [2.24, 2.45) is 0 Å². The molecule has 0 saturated heterocycles. The second kappa shape index (κ2) is 5.63. The van der Waals surface area contributed by atoms with Crippen molar-refractivity contribution >= 4 is 18.3 Å². The van der Waals surface area contributed by atoms with Crippen molar-refractivity contribution in [3.63, 3.8) is 0 Å². The van der Waals surface area contributed by atoms with E-state index in [1.54, 1.807) is 36.4 Å². The molecule has 0 aliphatic heterocycles. The van der Waals surface area contributed by atoms with Crippen molar-refractivity contribution in [1.82, 2.24) is 5.32 Å². The van der Waals surface area contributed by atoms with Gasteiger partial charge in [0.05, 0.1) is 12.0 Å². The monoisotopic (exact) mass is 241 g/mol. The van der Waals surface area contributed by atoms with Gasteiger partial charge in [-0.1, -0.05) is 18.2 Å². The third kappa shape index (κ3) is 2.95. The number of allylic oxidation sites excluding steroid dienone is 1. The Morgan fingerprint density at radius 3 is 2.50 bits per heavy atom. The van der Waals surface area contributed by atoms with Crippen LogP contribution < -0.4 is 5.32 Å². The van der Waals surface area contributed by atoms with Crippen molar-refractivity contribution in [2.45, 2.75) is 0 Å². The van der Waals surface area contributed by atoms with Gasteiger partial charge in [-0.2, -0.15) is 0 Å². The molecule has 0 unspecified atom stereocenters. The van der Waals surface area contributed by atoms with Gasteiger partial charge in [0.2, 0.25) is 0 Å². The Morgan fingerprint density at radius 2 is 1.89 bits per heavy atom. The summed E-state index contributed by atoms with van der Waals surface area (Å²) in [5.74, 6) is 0.172. The quantitative estimate of drug-likeness (QED) is 0.659. The van der Waals surface area contributed by atoms with Gasteiger partial charge in [0.1, 0.15) is 5.76 Å². The summed E-state index contributed by atoms with van der Waals surface area (Å²) in [5, 5.41) is 2.52. The Hall–Kier alpha value is -2.62. The molecule has 0 fully saturated rings. The smallest absolute Gasteiger partial charge is 0.255 e. The van der Waals surface area contributed by atoms with E-state index in [0.717, 1.165) is 0 Å². The molecule has 0 radical (unpaired) electrons. The van der Waals surface area contributed by atoms with Crippen LogP contribution in [0.15, 0.2) is 58.8 Å². The molecular formula is C14H11NO3. The fourth-order valence-electron chi connectivity index (χ4n) is 1.42. The average Bonchev–Trinajstić information content (AvgIpc) is 2.91. The van der Waals surface area contributed by atoms with E-state index in [1.807, 2.05) is 6.07 Å². The van der Waals surface area contributed by atoms with E-state index >= 15 is 0 Å². The standard InChI is InChI=1S/C14H11NO3/c16-10-12(9-13-7-4-8-18-13)15-14(17)11-5-2-1-3-6-11/h1-10H,(H,15,17)/b12-9-. The third-order valence-corrected chi connectivity index (χ3v) is 2.26. The van der Waals surface area contributed by atoms with Crippen LogP contribution in [-0.2, 0) is 4.79 Å². The SMILES string of the molecule is O=C/C(=C/c1ccco1)NC(=O)c1ccccc1. The van der Waals surface area contributed by atoms with E-state index in [1.165, 1.54) is 12.3 Å². The van der Waals surface area contributed by atoms with Crippen LogP contribution in [0.4, 0.5) is 0 Å². The zero-order chi connectivity index (χ0) is 12.8. The average molecular weight is 241 g/mol. The fraction of sp³-hybridized carbons (Fsp3) is 0. The van der Waals surface area contributed by atoms with Crippen LogP contribution in [0.2, 0.25) is 0 Å². The van der Waals surface area contributed by atoms with Crippen molar-refractivity contribution in [2.75, 3.05) is 0 Å². The number of rotatable bonds is 4. The maximum atomic E-state index is 11.8. The van der Waals surface area contributed by atoms with E-state index < -0.39 is 0 Å². The Balaban J connectivity index is 2.12. The number of amides is 1. The minimum Gasteiger partial charge on any atom is -0.465 e. The number of benzene rings is 1. The highest BCUT2D eigenvalue weighted by Gasteiger charge is 2.06. The normalized spacial score (nSPS) is 11.0. The van der Waals surface area contributed by atoms with Crippen LogP contribution in [0.25, 0.3) is 6.08 Å². The number of aldehydes is 1. The molecule has 4 nitrogen and oxygen atoms in total. The predicted molar refractivity (Wildman–Crippen MR) is 66.7 cm³/mol. The summed E-state index contributed by atoms with van der Waals surface area (Å²) in [6, 6.07) is 12.1. The number of nitrogens with one attached hydrogen (secondary N) is 1. The zero-order valence-corrected chi connectivity index (χ0v) is 9.50. The van der Waals surface area contributed by atoms with Crippen LogP contribution >= 0.6 is 0 Å². The summed E-state index contributed by atoms with van der Waals surface area (Å²) in [6.07, 6.45) is 3.53. The lowest BCUT2D eigenvalue weighted by molar-refractivity contribution is -0.105. The topological polar surface area (TPSA) is 59.3 Å². The molecule has 0 atom stereocenters. The van der Waals surface area contributed by atoms with Crippen molar-refractivity contribution < 1.29 is 14.0 Å². The molecule has 1 aromatic heterocycles. The number of carbonyl (C=O) groups excluding carboxylic acids is 2. The zero-order valence-electron chi connectivity index (χ0n) is 9.50. The first-order valence-electron chi connectivity index (χ1n) is 5.36. The van der Waals surface area contributed by atoms with Gasteiger partial charge in [-0.3, -0.25) is 9.59 Å². The molecule has 0 aliphatic carbocycles. The van der Waals surface area contributed by atoms with Crippen molar-refractivity contribution in [1.29, 1.82) is 0 Å². The highest BCUT2D eigenvalue weighted by molar-refractivity contribution is 5.99. The van der Waals surface area contributed by atoms with E-state index in [-0.39, 0.29) is 11.6 Å². The van der Waals surface area contributed by atoms with E-state index in [9.17, 15) is 9.59 Å². The highest BCUT2D eigenvalue weighted by atomic mass is 16.3. The lowest BCUT2D eigenvalue weighted by atomic mass is 10.2. The molecule has 2 rings (SSSR count). The third-order valence-electron chi connectivity index (χ3n) is 2.26. The molecule has 0 saturated carbocycles. The minimum absolute atomic E-state index is 0.152. The second-order valence-corrected chi connectivity index (χ2v) is 3.55. The largest absolute Gasteiger partial charge is 0.465 e. The van der Waals surface area contributed by atoms with Gasteiger partial charge in [0.15, 0.2) is 6.29 Å². The minimum atomic E-state index is -0.333. The van der Waals surface area contributed by atoms with Gasteiger partial charge in [-0.25, -0.2) is 0 Å². The first-order valence-corrected chi connectivity index (χ1v) is 5.36. The molecule has 1 aromatic carbocycles. The fourth-order valence-corrected chi connectivity index (χ4v) is 1.42. The number of hydrogen-bond acceptors (Lipinski definition) is 3. The first kappa shape index (κ1) is 11.9. The van der Waals surface area contributed by atoms with Crippen LogP contribution in [-0.4, -0.2) is 12.2 Å². The molecule has 1 amide bonds. The van der Waals surface area contributed by atoms with Crippen molar-refractivity contribution in [3.8, 4) is 0 Å². The molecule has 1 heterocycles. The van der Waals surface area contributed by atoms with Crippen molar-refractivity contribution in [3.05, 3.63) is 65.7 Å². The predicted octanol–water partition coefficient (Wildman–Crippen LogP) is 2.25. The Bertz CT molecular complexity index is 556. The Kier molecular flexibility index (Phi) is 3.71. The summed E-state index contributed by atoms with van der Waals surface area (Å²) in [6.45, 7) is 0. The Labute approximate surface area is 104 Å². The summed E-state index contributed by atoms with van der Waals surface area (Å²) < 4.78 is 5.07.